The van der Waals surface area contributed by atoms with Crippen molar-refractivity contribution in [2.24, 2.45) is 5.92 Å². The average molecular weight is 481 g/mol. The van der Waals surface area contributed by atoms with Crippen molar-refractivity contribution in [3.63, 3.8) is 0 Å². The maximum Gasteiger partial charge on any atom is 0.410 e. The van der Waals surface area contributed by atoms with Crippen LogP contribution in [0.25, 0.3) is 0 Å². The molecule has 35 heavy (non-hydrogen) atoms. The lowest BCUT2D eigenvalue weighted by Crippen LogP contribution is -2.53. The van der Waals surface area contributed by atoms with Gasteiger partial charge in [0.1, 0.15) is 6.10 Å². The molecule has 0 aromatic heterocycles. The zero-order valence-electron chi connectivity index (χ0n) is 19.7. The van der Waals surface area contributed by atoms with E-state index in [1.54, 1.807) is 0 Å². The van der Waals surface area contributed by atoms with Crippen LogP contribution in [0.4, 0.5) is 4.79 Å². The van der Waals surface area contributed by atoms with Crippen molar-refractivity contribution >= 4 is 18.0 Å². The van der Waals surface area contributed by atoms with Crippen LogP contribution in [0.5, 0.6) is 0 Å². The van der Waals surface area contributed by atoms with Crippen LogP contribution in [-0.2, 0) is 20.7 Å². The lowest BCUT2D eigenvalue weighted by molar-refractivity contribution is -0.143. The predicted octanol–water partition coefficient (Wildman–Crippen LogP) is 3.80. The third-order valence-electron chi connectivity index (χ3n) is 7.03. The summed E-state index contributed by atoms with van der Waals surface area (Å²) in [5.41, 5.74) is 3.70. The van der Waals surface area contributed by atoms with Gasteiger partial charge in [-0.3, -0.25) is 19.4 Å². The van der Waals surface area contributed by atoms with Gasteiger partial charge in [0.25, 0.3) is 0 Å². The van der Waals surface area contributed by atoms with Crippen molar-refractivity contribution in [2.45, 2.75) is 44.2 Å². The monoisotopic (exact) mass is 480 g/mol. The van der Waals surface area contributed by atoms with E-state index >= 15 is 0 Å². The van der Waals surface area contributed by atoms with E-state index in [1.165, 1.54) is 11.1 Å². The van der Waals surface area contributed by atoms with Gasteiger partial charge in [0.05, 0.1) is 18.9 Å². The number of carbonyl (C=O) groups excluding carboxylic acids is 1. The van der Waals surface area contributed by atoms with Gasteiger partial charge in [0.2, 0.25) is 0 Å². The molecule has 2 bridgehead atoms. The highest BCUT2D eigenvalue weighted by atomic mass is 16.6. The molecule has 3 fully saturated rings. The Kier molecular flexibility index (Phi) is 8.02. The molecule has 2 N–H and O–H groups in total. The second kappa shape index (κ2) is 11.4. The highest BCUT2D eigenvalue weighted by Crippen LogP contribution is 2.36. The standard InChI is InChI=1S/C23H26N2O2.C4H6O4/c26-23(27-21-16-24-13-10-18(21)11-14-24)25-15-12-17-6-4-5-9-20(17)22(25)19-7-2-1-3-8-19;5-3(6)1-2-4(7)8/h1-9,18,21-22H,10-16H2;1-2H2,(H,5,6)(H,7,8)/t21-,22+;/m1./s1. The number of carboxylic acids is 2. The summed E-state index contributed by atoms with van der Waals surface area (Å²) in [5, 5.41) is 15.8. The van der Waals surface area contributed by atoms with Crippen LogP contribution in [-0.4, -0.2) is 70.3 Å². The van der Waals surface area contributed by atoms with Crippen molar-refractivity contribution < 1.29 is 29.3 Å². The Hall–Kier alpha value is -3.39. The van der Waals surface area contributed by atoms with Gasteiger partial charge < -0.3 is 14.9 Å². The number of carbonyl (C=O) groups is 3. The van der Waals surface area contributed by atoms with E-state index in [0.717, 1.165) is 44.5 Å². The molecule has 0 saturated carbocycles. The SMILES string of the molecule is O=C(O)CCC(=O)O.O=C(O[C@@H]1CN2CCC1CC2)N1CCc2ccccc2[C@@H]1c1ccccc1. The summed E-state index contributed by atoms with van der Waals surface area (Å²) >= 11 is 0. The summed E-state index contributed by atoms with van der Waals surface area (Å²) in [6.45, 7) is 3.91. The van der Waals surface area contributed by atoms with Crippen LogP contribution in [0.3, 0.4) is 0 Å². The molecule has 0 unspecified atom stereocenters. The molecule has 0 spiro atoms. The molecule has 4 aliphatic rings. The zero-order chi connectivity index (χ0) is 24.8. The Labute approximate surface area is 205 Å². The van der Waals surface area contributed by atoms with Crippen molar-refractivity contribution in [3.8, 4) is 0 Å². The van der Waals surface area contributed by atoms with E-state index in [4.69, 9.17) is 14.9 Å². The second-order valence-electron chi connectivity index (χ2n) is 9.30. The smallest absolute Gasteiger partial charge is 0.410 e. The number of ether oxygens (including phenoxy) is 1. The Morgan fingerprint density at radius 2 is 1.49 bits per heavy atom. The first kappa shape index (κ1) is 24.7. The van der Waals surface area contributed by atoms with E-state index < -0.39 is 11.9 Å². The molecular weight excluding hydrogens is 448 g/mol. The second-order valence-corrected chi connectivity index (χ2v) is 9.30. The van der Waals surface area contributed by atoms with Crippen LogP contribution in [0.15, 0.2) is 54.6 Å². The maximum atomic E-state index is 13.2. The average Bonchev–Trinajstić information content (AvgIpc) is 2.88. The number of aliphatic carboxylic acids is 2. The van der Waals surface area contributed by atoms with Gasteiger partial charge in [0.15, 0.2) is 0 Å². The summed E-state index contributed by atoms with van der Waals surface area (Å²) < 4.78 is 6.08. The van der Waals surface area contributed by atoms with E-state index in [0.29, 0.717) is 12.5 Å². The van der Waals surface area contributed by atoms with Gasteiger partial charge in [-0.2, -0.15) is 0 Å². The van der Waals surface area contributed by atoms with E-state index in [2.05, 4.69) is 41.3 Å². The maximum absolute atomic E-state index is 13.2. The number of piperidine rings is 3. The Bertz CT molecular complexity index is 1020. The fraction of sp³-hybridized carbons (Fsp3) is 0.444. The number of hydrogen-bond donors (Lipinski definition) is 2. The van der Waals surface area contributed by atoms with Gasteiger partial charge in [-0.05, 0) is 55.0 Å². The van der Waals surface area contributed by atoms with Gasteiger partial charge in [-0.15, -0.1) is 0 Å². The van der Waals surface area contributed by atoms with Gasteiger partial charge in [0, 0.05) is 13.1 Å². The number of rotatable bonds is 5. The van der Waals surface area contributed by atoms with Crippen molar-refractivity contribution in [1.29, 1.82) is 0 Å². The Balaban J connectivity index is 0.000000314. The molecule has 3 saturated heterocycles. The number of fused-ring (bicyclic) bond motifs is 4. The van der Waals surface area contributed by atoms with Crippen LogP contribution in [0, 0.1) is 5.92 Å². The largest absolute Gasteiger partial charge is 0.481 e. The Morgan fingerprint density at radius 1 is 0.857 bits per heavy atom. The van der Waals surface area contributed by atoms with Crippen LogP contribution >= 0.6 is 0 Å². The van der Waals surface area contributed by atoms with Gasteiger partial charge >= 0.3 is 18.0 Å². The minimum Gasteiger partial charge on any atom is -0.481 e. The minimum atomic E-state index is -1.08. The van der Waals surface area contributed by atoms with E-state index in [-0.39, 0.29) is 31.1 Å². The fourth-order valence-electron chi connectivity index (χ4n) is 5.21. The summed E-state index contributed by atoms with van der Waals surface area (Å²) in [4.78, 5) is 36.9. The third kappa shape index (κ3) is 6.19. The molecule has 0 aliphatic carbocycles. The van der Waals surface area contributed by atoms with Crippen LogP contribution in [0.2, 0.25) is 0 Å². The fourth-order valence-corrected chi connectivity index (χ4v) is 5.21. The molecule has 0 radical (unpaired) electrons. The van der Waals surface area contributed by atoms with Crippen LogP contribution in [0.1, 0.15) is 48.4 Å². The highest BCUT2D eigenvalue weighted by molar-refractivity contribution is 5.75. The molecule has 2 aromatic carbocycles. The molecule has 6 rings (SSSR count). The molecule has 4 aliphatic heterocycles. The molecule has 4 heterocycles. The van der Waals surface area contributed by atoms with Crippen molar-refractivity contribution in [3.05, 3.63) is 71.3 Å². The Morgan fingerprint density at radius 3 is 2.09 bits per heavy atom. The lowest BCUT2D eigenvalue weighted by Gasteiger charge is -2.45. The highest BCUT2D eigenvalue weighted by Gasteiger charge is 2.39. The summed E-state index contributed by atoms with van der Waals surface area (Å²) in [6.07, 6.45) is 2.50. The quantitative estimate of drug-likeness (QED) is 0.670. The number of amides is 1. The normalized spacial score (nSPS) is 24.5. The number of benzene rings is 2. The van der Waals surface area contributed by atoms with Crippen LogP contribution < -0.4 is 0 Å². The van der Waals surface area contributed by atoms with Gasteiger partial charge in [-0.1, -0.05) is 54.6 Å². The molecule has 2 atom stereocenters. The number of carboxylic acid groups (broad SMARTS) is 2. The molecular formula is C27H32N2O6. The minimum absolute atomic E-state index is 0.0496. The molecule has 2 aromatic rings. The molecule has 1 amide bonds. The van der Waals surface area contributed by atoms with Gasteiger partial charge in [-0.25, -0.2) is 4.79 Å². The van der Waals surface area contributed by atoms with E-state index in [9.17, 15) is 14.4 Å². The summed E-state index contributed by atoms with van der Waals surface area (Å²) in [7, 11) is 0. The van der Waals surface area contributed by atoms with E-state index in [1.807, 2.05) is 23.1 Å². The topological polar surface area (TPSA) is 107 Å². The van der Waals surface area contributed by atoms with Crippen molar-refractivity contribution in [1.82, 2.24) is 9.80 Å². The first-order valence-corrected chi connectivity index (χ1v) is 12.2. The molecule has 8 nitrogen and oxygen atoms in total. The zero-order valence-corrected chi connectivity index (χ0v) is 19.7. The third-order valence-corrected chi connectivity index (χ3v) is 7.03. The summed E-state index contributed by atoms with van der Waals surface area (Å²) in [5.74, 6) is -1.62. The summed E-state index contributed by atoms with van der Waals surface area (Å²) in [6, 6.07) is 18.8. The number of hydrogen-bond acceptors (Lipinski definition) is 5. The number of nitrogens with zero attached hydrogens (tertiary/aromatic N) is 2. The first-order chi connectivity index (χ1) is 16.9. The first-order valence-electron chi connectivity index (χ1n) is 12.2. The predicted molar refractivity (Wildman–Crippen MR) is 129 cm³/mol. The molecule has 8 heteroatoms. The van der Waals surface area contributed by atoms with Crippen molar-refractivity contribution in [2.75, 3.05) is 26.2 Å². The lowest BCUT2D eigenvalue weighted by atomic mass is 9.86. The molecule has 186 valence electrons.